The maximum atomic E-state index is 13.5. The Balaban J connectivity index is 1.26. The van der Waals surface area contributed by atoms with Gasteiger partial charge in [-0.1, -0.05) is 39.0 Å². The molecule has 0 spiro atoms. The fraction of sp³-hybridized carbons (Fsp3) is 0.481. The number of amides is 2. The molecule has 1 fully saturated rings. The molecular formula is C27H32F3N5O3. The lowest BCUT2D eigenvalue weighted by Crippen LogP contribution is -2.38. The lowest BCUT2D eigenvalue weighted by molar-refractivity contribution is -0.141. The highest BCUT2D eigenvalue weighted by Gasteiger charge is 2.39. The Labute approximate surface area is 219 Å². The molecular weight excluding hydrogens is 499 g/mol. The van der Waals surface area contributed by atoms with E-state index in [9.17, 15) is 22.8 Å². The van der Waals surface area contributed by atoms with Crippen LogP contribution in [0.4, 0.5) is 13.2 Å². The quantitative estimate of drug-likeness (QED) is 0.418. The highest BCUT2D eigenvalue weighted by molar-refractivity contribution is 5.95. The number of nitrogens with one attached hydrogen (secondary N) is 2. The Morgan fingerprint density at radius 1 is 1.03 bits per heavy atom. The second-order valence-corrected chi connectivity index (χ2v) is 10.6. The zero-order valence-corrected chi connectivity index (χ0v) is 21.6. The predicted molar refractivity (Wildman–Crippen MR) is 134 cm³/mol. The van der Waals surface area contributed by atoms with Gasteiger partial charge in [0.25, 0.3) is 5.91 Å². The highest BCUT2D eigenvalue weighted by Crippen LogP contribution is 2.37. The van der Waals surface area contributed by atoms with Crippen molar-refractivity contribution in [3.05, 3.63) is 65.6 Å². The van der Waals surface area contributed by atoms with Crippen LogP contribution in [0, 0.1) is 5.92 Å². The smallest absolute Gasteiger partial charge is 0.435 e. The number of para-hydroxylation sites is 1. The third-order valence-electron chi connectivity index (χ3n) is 6.67. The molecule has 1 aliphatic rings. The van der Waals surface area contributed by atoms with E-state index in [1.54, 1.807) is 36.5 Å². The van der Waals surface area contributed by atoms with Crippen LogP contribution in [0.15, 0.2) is 47.1 Å². The van der Waals surface area contributed by atoms with E-state index >= 15 is 0 Å². The molecule has 0 unspecified atom stereocenters. The van der Waals surface area contributed by atoms with Gasteiger partial charge < -0.3 is 15.1 Å². The molecule has 38 heavy (non-hydrogen) atoms. The van der Waals surface area contributed by atoms with E-state index in [0.29, 0.717) is 24.4 Å². The van der Waals surface area contributed by atoms with Crippen LogP contribution in [0.3, 0.4) is 0 Å². The van der Waals surface area contributed by atoms with Gasteiger partial charge in [-0.05, 0) is 37.8 Å². The Hall–Kier alpha value is -3.63. The van der Waals surface area contributed by atoms with Crippen LogP contribution in [-0.4, -0.2) is 39.7 Å². The first-order chi connectivity index (χ1) is 17.9. The minimum absolute atomic E-state index is 0.0143. The largest absolute Gasteiger partial charge is 0.445 e. The van der Waals surface area contributed by atoms with Crippen molar-refractivity contribution in [3.8, 4) is 5.69 Å². The van der Waals surface area contributed by atoms with Crippen LogP contribution < -0.4 is 10.6 Å². The van der Waals surface area contributed by atoms with E-state index in [2.05, 4.69) is 41.5 Å². The highest BCUT2D eigenvalue weighted by atomic mass is 19.4. The molecule has 2 N–H and O–H groups in total. The SMILES string of the molecule is CC(C)(C)c1cnc(C2CCC(C(=O)NCCNC(=O)c3cn(-c4ccccc4)nc3C(F)(F)F)CC2)o1. The molecule has 0 aliphatic heterocycles. The summed E-state index contributed by atoms with van der Waals surface area (Å²) in [7, 11) is 0. The van der Waals surface area contributed by atoms with Gasteiger partial charge in [0.2, 0.25) is 5.91 Å². The molecule has 0 saturated heterocycles. The molecule has 4 rings (SSSR count). The number of carbonyl (C=O) groups is 2. The molecule has 1 saturated carbocycles. The van der Waals surface area contributed by atoms with Crippen molar-refractivity contribution in [2.45, 2.75) is 64.0 Å². The number of carbonyl (C=O) groups excluding carboxylic acids is 2. The molecule has 2 heterocycles. The van der Waals surface area contributed by atoms with Gasteiger partial charge in [0.15, 0.2) is 11.6 Å². The lowest BCUT2D eigenvalue weighted by atomic mass is 9.81. The number of oxazole rings is 1. The minimum atomic E-state index is -4.79. The van der Waals surface area contributed by atoms with Crippen molar-refractivity contribution >= 4 is 11.8 Å². The summed E-state index contributed by atoms with van der Waals surface area (Å²) in [5.41, 5.74) is -1.56. The van der Waals surface area contributed by atoms with Gasteiger partial charge in [0, 0.05) is 36.5 Å². The number of aromatic nitrogens is 3. The fourth-order valence-corrected chi connectivity index (χ4v) is 4.49. The Bertz CT molecular complexity index is 1250. The van der Waals surface area contributed by atoms with Crippen LogP contribution in [-0.2, 0) is 16.4 Å². The van der Waals surface area contributed by atoms with Gasteiger partial charge in [-0.25, -0.2) is 9.67 Å². The first-order valence-electron chi connectivity index (χ1n) is 12.7. The maximum absolute atomic E-state index is 13.5. The van der Waals surface area contributed by atoms with Crippen LogP contribution in [0.2, 0.25) is 0 Å². The summed E-state index contributed by atoms with van der Waals surface area (Å²) in [5, 5.41) is 8.81. The minimum Gasteiger partial charge on any atom is -0.445 e. The fourth-order valence-electron chi connectivity index (χ4n) is 4.49. The Kier molecular flexibility index (Phi) is 7.94. The summed E-state index contributed by atoms with van der Waals surface area (Å²) in [4.78, 5) is 29.6. The monoisotopic (exact) mass is 531 g/mol. The zero-order valence-electron chi connectivity index (χ0n) is 21.6. The molecule has 1 aliphatic carbocycles. The van der Waals surface area contributed by atoms with Gasteiger partial charge in [0.05, 0.1) is 17.4 Å². The summed E-state index contributed by atoms with van der Waals surface area (Å²) in [6, 6.07) is 8.23. The van der Waals surface area contributed by atoms with Crippen molar-refractivity contribution in [3.63, 3.8) is 0 Å². The molecule has 0 atom stereocenters. The van der Waals surface area contributed by atoms with E-state index in [0.717, 1.165) is 29.5 Å². The van der Waals surface area contributed by atoms with Gasteiger partial charge in [-0.3, -0.25) is 9.59 Å². The molecule has 3 aromatic rings. The van der Waals surface area contributed by atoms with E-state index < -0.39 is 23.3 Å². The van der Waals surface area contributed by atoms with E-state index in [1.807, 2.05) is 0 Å². The normalized spacial score (nSPS) is 18.3. The molecule has 204 valence electrons. The van der Waals surface area contributed by atoms with Crippen LogP contribution in [0.1, 0.15) is 80.1 Å². The van der Waals surface area contributed by atoms with Gasteiger partial charge in [-0.15, -0.1) is 0 Å². The van der Waals surface area contributed by atoms with Gasteiger partial charge in [-0.2, -0.15) is 18.3 Å². The molecule has 0 bridgehead atoms. The Morgan fingerprint density at radius 2 is 1.68 bits per heavy atom. The second kappa shape index (κ2) is 11.0. The number of hydrogen-bond acceptors (Lipinski definition) is 5. The third kappa shape index (κ3) is 6.43. The number of alkyl halides is 3. The van der Waals surface area contributed by atoms with E-state index in [4.69, 9.17) is 4.42 Å². The average Bonchev–Trinajstić information content (AvgIpc) is 3.55. The van der Waals surface area contributed by atoms with Crippen LogP contribution in [0.25, 0.3) is 5.69 Å². The van der Waals surface area contributed by atoms with Crippen molar-refractivity contribution in [2.75, 3.05) is 13.1 Å². The molecule has 0 radical (unpaired) electrons. The van der Waals surface area contributed by atoms with Crippen molar-refractivity contribution in [1.82, 2.24) is 25.4 Å². The lowest BCUT2D eigenvalue weighted by Gasteiger charge is -2.26. The van der Waals surface area contributed by atoms with Crippen molar-refractivity contribution in [1.29, 1.82) is 0 Å². The first-order valence-corrected chi connectivity index (χ1v) is 12.7. The number of benzene rings is 1. The van der Waals surface area contributed by atoms with E-state index in [1.165, 1.54) is 0 Å². The molecule has 2 amide bonds. The summed E-state index contributed by atoms with van der Waals surface area (Å²) >= 11 is 0. The van der Waals surface area contributed by atoms with E-state index in [-0.39, 0.29) is 36.2 Å². The van der Waals surface area contributed by atoms with Crippen LogP contribution >= 0.6 is 0 Å². The zero-order chi connectivity index (χ0) is 27.5. The molecule has 8 nitrogen and oxygen atoms in total. The predicted octanol–water partition coefficient (Wildman–Crippen LogP) is 5.00. The third-order valence-corrected chi connectivity index (χ3v) is 6.67. The van der Waals surface area contributed by atoms with Crippen molar-refractivity contribution in [2.24, 2.45) is 5.92 Å². The molecule has 2 aromatic heterocycles. The topological polar surface area (TPSA) is 102 Å². The number of nitrogens with zero attached hydrogens (tertiary/aromatic N) is 3. The summed E-state index contributed by atoms with van der Waals surface area (Å²) in [5.74, 6) is 0.520. The maximum Gasteiger partial charge on any atom is 0.435 e. The van der Waals surface area contributed by atoms with Gasteiger partial charge >= 0.3 is 6.18 Å². The Morgan fingerprint density at radius 3 is 2.29 bits per heavy atom. The van der Waals surface area contributed by atoms with Gasteiger partial charge in [0.1, 0.15) is 5.76 Å². The number of hydrogen-bond donors (Lipinski definition) is 2. The average molecular weight is 532 g/mol. The second-order valence-electron chi connectivity index (χ2n) is 10.6. The van der Waals surface area contributed by atoms with Crippen LogP contribution in [0.5, 0.6) is 0 Å². The van der Waals surface area contributed by atoms with Crippen molar-refractivity contribution < 1.29 is 27.2 Å². The molecule has 1 aromatic carbocycles. The standard InChI is InChI=1S/C27H32F3N5O3/c1-26(2,3)21-15-33-25(38-21)18-11-9-17(10-12-18)23(36)31-13-14-32-24(37)20-16-35(19-7-5-4-6-8-19)34-22(20)27(28,29)30/h4-8,15-18H,9-14H2,1-3H3,(H,31,36)(H,32,37). The first kappa shape index (κ1) is 27.4. The summed E-state index contributed by atoms with van der Waals surface area (Å²) in [6.45, 7) is 6.28. The number of rotatable bonds is 7. The number of halogens is 3. The summed E-state index contributed by atoms with van der Waals surface area (Å²) < 4.78 is 47.5. The molecule has 11 heteroatoms. The summed E-state index contributed by atoms with van der Waals surface area (Å²) in [6.07, 6.45) is 0.970.